The van der Waals surface area contributed by atoms with E-state index in [-0.39, 0.29) is 23.8 Å². The number of nitriles is 1. The number of anilines is 1. The number of amides is 2. The lowest BCUT2D eigenvalue weighted by Gasteiger charge is -2.43. The number of rotatable bonds is 8. The minimum absolute atomic E-state index is 0.0352. The molecule has 4 saturated heterocycles. The Morgan fingerprint density at radius 3 is 2.52 bits per heavy atom. The van der Waals surface area contributed by atoms with Crippen molar-refractivity contribution in [2.24, 2.45) is 20.9 Å². The SMILES string of the molecule is C=NC(=NC=Nc1ccc(N2CCN(C3COC3)CC2)cc1)c1ccc(OC2CCN(C(=O)[C@H]3CCC(=O)N3)C[C@H]2C)c(C#N)c1. The molecule has 4 heterocycles. The Bertz CT molecular complexity index is 1540. The summed E-state index contributed by atoms with van der Waals surface area (Å²) in [4.78, 5) is 44.0. The van der Waals surface area contributed by atoms with Gasteiger partial charge >= 0.3 is 0 Å². The zero-order chi connectivity index (χ0) is 32.0. The zero-order valence-electron chi connectivity index (χ0n) is 26.2. The molecule has 1 unspecified atom stereocenters. The van der Waals surface area contributed by atoms with E-state index in [1.165, 1.54) is 12.0 Å². The second-order valence-corrected chi connectivity index (χ2v) is 12.3. The summed E-state index contributed by atoms with van der Waals surface area (Å²) < 4.78 is 11.6. The second-order valence-electron chi connectivity index (χ2n) is 12.3. The molecule has 0 saturated carbocycles. The van der Waals surface area contributed by atoms with Crippen LogP contribution in [0.5, 0.6) is 5.75 Å². The van der Waals surface area contributed by atoms with Gasteiger partial charge in [-0.15, -0.1) is 0 Å². The maximum atomic E-state index is 12.8. The number of likely N-dealkylation sites (tertiary alicyclic amines) is 1. The van der Waals surface area contributed by atoms with Gasteiger partial charge in [-0.2, -0.15) is 5.26 Å². The molecule has 2 amide bonds. The molecule has 1 N–H and O–H groups in total. The van der Waals surface area contributed by atoms with Crippen molar-refractivity contribution in [2.75, 3.05) is 57.4 Å². The highest BCUT2D eigenvalue weighted by atomic mass is 16.5. The van der Waals surface area contributed by atoms with Gasteiger partial charge in [0.2, 0.25) is 11.8 Å². The van der Waals surface area contributed by atoms with Gasteiger partial charge in [0.15, 0.2) is 5.84 Å². The van der Waals surface area contributed by atoms with Gasteiger partial charge in [-0.05, 0) is 55.6 Å². The fourth-order valence-corrected chi connectivity index (χ4v) is 6.43. The largest absolute Gasteiger partial charge is 0.489 e. The Balaban J connectivity index is 1.04. The van der Waals surface area contributed by atoms with Gasteiger partial charge in [0.05, 0.1) is 30.5 Å². The maximum absolute atomic E-state index is 12.8. The van der Waals surface area contributed by atoms with E-state index in [0.717, 1.165) is 45.1 Å². The third-order valence-corrected chi connectivity index (χ3v) is 9.27. The summed E-state index contributed by atoms with van der Waals surface area (Å²) in [5, 5.41) is 12.7. The number of amidine groups is 1. The summed E-state index contributed by atoms with van der Waals surface area (Å²) >= 11 is 0. The number of piperazine rings is 1. The van der Waals surface area contributed by atoms with Gasteiger partial charge in [-0.3, -0.25) is 14.5 Å². The predicted octanol–water partition coefficient (Wildman–Crippen LogP) is 2.78. The highest BCUT2D eigenvalue weighted by Crippen LogP contribution is 2.28. The molecule has 6 rings (SSSR count). The number of hydrogen-bond acceptors (Lipinski definition) is 8. The summed E-state index contributed by atoms with van der Waals surface area (Å²) in [6, 6.07) is 15.7. The minimum atomic E-state index is -0.431. The molecule has 0 bridgehead atoms. The third-order valence-electron chi connectivity index (χ3n) is 9.27. The average Bonchev–Trinajstić information content (AvgIpc) is 3.50. The highest BCUT2D eigenvalue weighted by Gasteiger charge is 2.36. The molecule has 4 fully saturated rings. The molecule has 3 atom stereocenters. The molecular weight excluding hydrogens is 584 g/mol. The quantitative estimate of drug-likeness (QED) is 0.353. The molecule has 2 aromatic carbocycles. The lowest BCUT2D eigenvalue weighted by molar-refractivity contribution is -0.137. The number of benzene rings is 2. The first-order valence-electron chi connectivity index (χ1n) is 15.9. The first-order chi connectivity index (χ1) is 22.4. The van der Waals surface area contributed by atoms with E-state index in [0.29, 0.717) is 61.1 Å². The summed E-state index contributed by atoms with van der Waals surface area (Å²) in [5.41, 5.74) is 2.94. The van der Waals surface area contributed by atoms with E-state index in [1.54, 1.807) is 23.1 Å². The molecular formula is C34H40N8O4. The van der Waals surface area contributed by atoms with Crippen molar-refractivity contribution in [3.05, 3.63) is 53.6 Å². The Hall–Kier alpha value is -4.60. The molecule has 46 heavy (non-hydrogen) atoms. The van der Waals surface area contributed by atoms with Crippen LogP contribution in [0, 0.1) is 17.2 Å². The van der Waals surface area contributed by atoms with E-state index in [9.17, 15) is 14.9 Å². The van der Waals surface area contributed by atoms with Gasteiger partial charge in [-0.25, -0.2) is 15.0 Å². The third kappa shape index (κ3) is 7.11. The monoisotopic (exact) mass is 624 g/mol. The van der Waals surface area contributed by atoms with Crippen LogP contribution in [0.1, 0.15) is 37.3 Å². The summed E-state index contributed by atoms with van der Waals surface area (Å²) in [6.07, 6.45) is 2.85. The zero-order valence-corrected chi connectivity index (χ0v) is 26.2. The number of hydrogen-bond donors (Lipinski definition) is 1. The molecule has 4 aliphatic rings. The van der Waals surface area contributed by atoms with E-state index in [1.807, 2.05) is 19.1 Å². The van der Waals surface area contributed by atoms with Crippen LogP contribution in [0.25, 0.3) is 0 Å². The molecule has 0 aromatic heterocycles. The van der Waals surface area contributed by atoms with Gasteiger partial charge in [0, 0.05) is 69.3 Å². The fraction of sp³-hybridized carbons (Fsp3) is 0.471. The molecule has 4 aliphatic heterocycles. The lowest BCUT2D eigenvalue weighted by Crippen LogP contribution is -2.56. The van der Waals surface area contributed by atoms with Gasteiger partial charge in [0.25, 0.3) is 0 Å². The highest BCUT2D eigenvalue weighted by molar-refractivity contribution is 6.05. The van der Waals surface area contributed by atoms with E-state index in [2.05, 4.69) is 55.0 Å². The summed E-state index contributed by atoms with van der Waals surface area (Å²) in [5.74, 6) is 0.761. The molecule has 240 valence electrons. The van der Waals surface area contributed by atoms with Gasteiger partial charge < -0.3 is 24.6 Å². The number of nitrogens with one attached hydrogen (secondary N) is 1. The Labute approximate surface area is 269 Å². The van der Waals surface area contributed by atoms with Crippen molar-refractivity contribution >= 4 is 42.1 Å². The van der Waals surface area contributed by atoms with Crippen LogP contribution in [-0.2, 0) is 14.3 Å². The molecule has 12 heteroatoms. The number of carbonyl (C=O) groups excluding carboxylic acids is 2. The van der Waals surface area contributed by atoms with E-state index in [4.69, 9.17) is 9.47 Å². The molecule has 0 aliphatic carbocycles. The standard InChI is InChI=1S/C34H40N8O4/c1-23-19-42(34(44)29-8-10-32(43)39-29)12-11-30(23)46-31-9-3-24(17-25(31)18-35)33(36-2)38-22-37-26-4-6-27(7-5-26)40-13-15-41(16-14-40)28-20-45-21-28/h3-7,9,17,22-23,28-30H,2,8,10-16,19-21H2,1H3,(H,39,43)/t23-,29-,30?/m1/s1. The number of carbonyl (C=O) groups is 2. The second kappa shape index (κ2) is 14.2. The van der Waals surface area contributed by atoms with Crippen molar-refractivity contribution in [3.63, 3.8) is 0 Å². The molecule has 12 nitrogen and oxygen atoms in total. The Morgan fingerprint density at radius 1 is 1.11 bits per heavy atom. The van der Waals surface area contributed by atoms with Crippen LogP contribution in [0.3, 0.4) is 0 Å². The fourth-order valence-electron chi connectivity index (χ4n) is 6.43. The smallest absolute Gasteiger partial charge is 0.245 e. The molecule has 0 radical (unpaired) electrons. The summed E-state index contributed by atoms with van der Waals surface area (Å²) in [6.45, 7) is 12.5. The number of nitrogens with zero attached hydrogens (tertiary/aromatic N) is 7. The van der Waals surface area contributed by atoms with Crippen LogP contribution in [-0.4, -0.2) is 111 Å². The number of aliphatic imine (C=N–C) groups is 3. The van der Waals surface area contributed by atoms with E-state index >= 15 is 0 Å². The number of piperidine rings is 1. The first kappa shape index (κ1) is 31.4. The average molecular weight is 625 g/mol. The predicted molar refractivity (Wildman–Crippen MR) is 176 cm³/mol. The van der Waals surface area contributed by atoms with Crippen molar-refractivity contribution in [2.45, 2.75) is 44.4 Å². The van der Waals surface area contributed by atoms with Crippen LogP contribution in [0.2, 0.25) is 0 Å². The van der Waals surface area contributed by atoms with Crippen molar-refractivity contribution in [1.82, 2.24) is 15.1 Å². The molecule has 2 aromatic rings. The lowest BCUT2D eigenvalue weighted by atomic mass is 9.95. The number of ether oxygens (including phenoxy) is 2. The Morgan fingerprint density at radius 2 is 1.89 bits per heavy atom. The minimum Gasteiger partial charge on any atom is -0.489 e. The molecule has 0 spiro atoms. The Kier molecular flexibility index (Phi) is 9.71. The van der Waals surface area contributed by atoms with Crippen molar-refractivity contribution in [3.8, 4) is 11.8 Å². The summed E-state index contributed by atoms with van der Waals surface area (Å²) in [7, 11) is 0. The van der Waals surface area contributed by atoms with Crippen LogP contribution in [0.15, 0.2) is 57.4 Å². The van der Waals surface area contributed by atoms with Crippen molar-refractivity contribution in [1.29, 1.82) is 5.26 Å². The maximum Gasteiger partial charge on any atom is 0.245 e. The van der Waals surface area contributed by atoms with Gasteiger partial charge in [-0.1, -0.05) is 6.92 Å². The van der Waals surface area contributed by atoms with Gasteiger partial charge in [0.1, 0.15) is 30.3 Å². The van der Waals surface area contributed by atoms with Crippen LogP contribution < -0.4 is 15.0 Å². The topological polar surface area (TPSA) is 135 Å². The normalized spacial score (nSPS) is 24.4. The van der Waals surface area contributed by atoms with Crippen LogP contribution in [0.4, 0.5) is 11.4 Å². The van der Waals surface area contributed by atoms with Crippen molar-refractivity contribution < 1.29 is 19.1 Å². The van der Waals surface area contributed by atoms with Crippen LogP contribution >= 0.6 is 0 Å². The first-order valence-corrected chi connectivity index (χ1v) is 15.9. The van der Waals surface area contributed by atoms with E-state index < -0.39 is 6.04 Å².